The first kappa shape index (κ1) is 11.2. The van der Waals surface area contributed by atoms with Gasteiger partial charge in [-0.05, 0) is 13.3 Å². The van der Waals surface area contributed by atoms with Gasteiger partial charge in [-0.2, -0.15) is 0 Å². The maximum atomic E-state index is 5.45. The zero-order valence-corrected chi connectivity index (χ0v) is 9.83. The lowest BCUT2D eigenvalue weighted by atomic mass is 10.1. The van der Waals surface area contributed by atoms with Gasteiger partial charge in [0.2, 0.25) is 0 Å². The van der Waals surface area contributed by atoms with Crippen LogP contribution in [-0.2, 0) is 4.74 Å². The molecule has 3 N–H and O–H groups in total. The zero-order valence-electron chi connectivity index (χ0n) is 9.01. The summed E-state index contributed by atoms with van der Waals surface area (Å²) in [4.78, 5) is 8.58. The van der Waals surface area contributed by atoms with Gasteiger partial charge < -0.3 is 15.8 Å². The van der Waals surface area contributed by atoms with E-state index in [0.717, 1.165) is 18.8 Å². The van der Waals surface area contributed by atoms with Crippen molar-refractivity contribution in [3.05, 3.63) is 18.1 Å². The third kappa shape index (κ3) is 2.45. The molecular formula is C10H14N4OS. The van der Waals surface area contributed by atoms with Crippen LogP contribution in [0, 0.1) is 0 Å². The molecule has 0 radical (unpaired) electrons. The molecule has 1 aromatic heterocycles. The topological polar surface area (TPSA) is 73.1 Å². The van der Waals surface area contributed by atoms with Gasteiger partial charge in [0.1, 0.15) is 16.5 Å². The summed E-state index contributed by atoms with van der Waals surface area (Å²) >= 11 is 4.80. The number of ether oxygens (including phenoxy) is 1. The zero-order chi connectivity index (χ0) is 11.5. The fourth-order valence-corrected chi connectivity index (χ4v) is 1.75. The second-order valence-electron chi connectivity index (χ2n) is 3.77. The number of hydrogen-bond acceptors (Lipinski definition) is 5. The SMILES string of the molecule is CC1OCCC1Nc1cnc(C(N)=S)cn1. The molecule has 1 saturated heterocycles. The van der Waals surface area contributed by atoms with Crippen molar-refractivity contribution >= 4 is 23.0 Å². The molecule has 2 atom stereocenters. The summed E-state index contributed by atoms with van der Waals surface area (Å²) in [6.45, 7) is 2.83. The molecule has 2 unspecified atom stereocenters. The van der Waals surface area contributed by atoms with E-state index in [1.54, 1.807) is 12.4 Å². The van der Waals surface area contributed by atoms with E-state index in [0.29, 0.717) is 11.7 Å². The Bertz CT molecular complexity index is 381. The predicted molar refractivity (Wildman–Crippen MR) is 65.4 cm³/mol. The van der Waals surface area contributed by atoms with Gasteiger partial charge in [0, 0.05) is 6.61 Å². The summed E-state index contributed by atoms with van der Waals surface area (Å²) in [5.74, 6) is 0.724. The highest BCUT2D eigenvalue weighted by Crippen LogP contribution is 2.16. The van der Waals surface area contributed by atoms with E-state index in [2.05, 4.69) is 15.3 Å². The van der Waals surface area contributed by atoms with Crippen molar-refractivity contribution in [2.24, 2.45) is 5.73 Å². The fourth-order valence-electron chi connectivity index (χ4n) is 1.64. The lowest BCUT2D eigenvalue weighted by Gasteiger charge is -2.16. The van der Waals surface area contributed by atoms with Crippen LogP contribution in [0.5, 0.6) is 0 Å². The molecule has 0 aromatic carbocycles. The first-order valence-corrected chi connectivity index (χ1v) is 5.57. The van der Waals surface area contributed by atoms with Gasteiger partial charge in [0.15, 0.2) is 0 Å². The Kier molecular flexibility index (Phi) is 3.31. The normalized spacial score (nSPS) is 24.3. The summed E-state index contributed by atoms with van der Waals surface area (Å²) in [5, 5.41) is 3.27. The largest absolute Gasteiger partial charge is 0.388 e. The fraction of sp³-hybridized carbons (Fsp3) is 0.500. The van der Waals surface area contributed by atoms with Crippen molar-refractivity contribution in [1.82, 2.24) is 9.97 Å². The van der Waals surface area contributed by atoms with Gasteiger partial charge in [-0.15, -0.1) is 0 Å². The summed E-state index contributed by atoms with van der Waals surface area (Å²) in [6, 6.07) is 0.296. The van der Waals surface area contributed by atoms with E-state index in [-0.39, 0.29) is 11.1 Å². The molecule has 0 amide bonds. The highest BCUT2D eigenvalue weighted by molar-refractivity contribution is 7.80. The summed E-state index contributed by atoms with van der Waals surface area (Å²) < 4.78 is 5.45. The van der Waals surface area contributed by atoms with Crippen molar-refractivity contribution < 1.29 is 4.74 Å². The summed E-state index contributed by atoms with van der Waals surface area (Å²) in [7, 11) is 0. The molecule has 2 heterocycles. The molecule has 1 fully saturated rings. The van der Waals surface area contributed by atoms with Gasteiger partial charge in [-0.25, -0.2) is 9.97 Å². The lowest BCUT2D eigenvalue weighted by molar-refractivity contribution is 0.121. The van der Waals surface area contributed by atoms with Gasteiger partial charge in [-0.1, -0.05) is 12.2 Å². The van der Waals surface area contributed by atoms with Crippen LogP contribution in [0.25, 0.3) is 0 Å². The van der Waals surface area contributed by atoms with Crippen LogP contribution < -0.4 is 11.1 Å². The standard InChI is InChI=1S/C10H14N4OS/c1-6-7(2-3-15-6)14-9-5-12-8(4-13-9)10(11)16/h4-7H,2-3H2,1H3,(H2,11,16)(H,13,14). The maximum Gasteiger partial charge on any atom is 0.144 e. The minimum absolute atomic E-state index is 0.206. The van der Waals surface area contributed by atoms with Crippen molar-refractivity contribution in [1.29, 1.82) is 0 Å². The second kappa shape index (κ2) is 4.71. The number of anilines is 1. The summed E-state index contributed by atoms with van der Waals surface area (Å²) in [6.07, 6.45) is 4.40. The molecule has 1 aliphatic heterocycles. The average molecular weight is 238 g/mol. The first-order valence-electron chi connectivity index (χ1n) is 5.17. The van der Waals surface area contributed by atoms with E-state index < -0.39 is 0 Å². The van der Waals surface area contributed by atoms with Crippen molar-refractivity contribution in [2.75, 3.05) is 11.9 Å². The Labute approximate surface area is 99.4 Å². The second-order valence-corrected chi connectivity index (χ2v) is 4.21. The Morgan fingerprint density at radius 3 is 2.88 bits per heavy atom. The molecule has 2 rings (SSSR count). The van der Waals surface area contributed by atoms with Crippen molar-refractivity contribution in [3.8, 4) is 0 Å². The average Bonchev–Trinajstić information content (AvgIpc) is 2.65. The van der Waals surface area contributed by atoms with Gasteiger partial charge in [0.25, 0.3) is 0 Å². The molecule has 1 aliphatic rings. The van der Waals surface area contributed by atoms with E-state index in [1.807, 2.05) is 6.92 Å². The maximum absolute atomic E-state index is 5.45. The van der Waals surface area contributed by atoms with Gasteiger partial charge in [-0.3, -0.25) is 0 Å². The molecule has 5 nitrogen and oxygen atoms in total. The Morgan fingerprint density at radius 2 is 2.38 bits per heavy atom. The Morgan fingerprint density at radius 1 is 1.56 bits per heavy atom. The highest BCUT2D eigenvalue weighted by atomic mass is 32.1. The van der Waals surface area contributed by atoms with Crippen LogP contribution in [0.15, 0.2) is 12.4 Å². The van der Waals surface area contributed by atoms with Crippen LogP contribution in [-0.4, -0.2) is 33.7 Å². The smallest absolute Gasteiger partial charge is 0.144 e. The number of nitrogens with zero attached hydrogens (tertiary/aromatic N) is 2. The molecule has 0 bridgehead atoms. The monoisotopic (exact) mass is 238 g/mol. The van der Waals surface area contributed by atoms with Crippen LogP contribution >= 0.6 is 12.2 Å². The molecule has 0 spiro atoms. The van der Waals surface area contributed by atoms with Crippen molar-refractivity contribution in [3.63, 3.8) is 0 Å². The van der Waals surface area contributed by atoms with Crippen LogP contribution in [0.3, 0.4) is 0 Å². The first-order chi connectivity index (χ1) is 7.66. The lowest BCUT2D eigenvalue weighted by Crippen LogP contribution is -2.27. The minimum Gasteiger partial charge on any atom is -0.388 e. The van der Waals surface area contributed by atoms with Crippen LogP contribution in [0.2, 0.25) is 0 Å². The number of aromatic nitrogens is 2. The van der Waals surface area contributed by atoms with E-state index in [9.17, 15) is 0 Å². The molecule has 0 aliphatic carbocycles. The van der Waals surface area contributed by atoms with E-state index in [4.69, 9.17) is 22.7 Å². The van der Waals surface area contributed by atoms with Gasteiger partial charge in [0.05, 0.1) is 24.5 Å². The molecule has 1 aromatic rings. The van der Waals surface area contributed by atoms with Gasteiger partial charge >= 0.3 is 0 Å². The predicted octanol–water partition coefficient (Wildman–Crippen LogP) is 0.700. The number of nitrogens with one attached hydrogen (secondary N) is 1. The number of nitrogens with two attached hydrogens (primary N) is 1. The van der Waals surface area contributed by atoms with Crippen molar-refractivity contribution in [2.45, 2.75) is 25.5 Å². The quantitative estimate of drug-likeness (QED) is 0.755. The number of hydrogen-bond donors (Lipinski definition) is 2. The third-order valence-corrected chi connectivity index (χ3v) is 2.82. The number of rotatable bonds is 3. The molecular weight excluding hydrogens is 224 g/mol. The summed E-state index contributed by atoms with van der Waals surface area (Å²) in [5.41, 5.74) is 5.98. The highest BCUT2D eigenvalue weighted by Gasteiger charge is 2.24. The Hall–Kier alpha value is -1.27. The molecule has 86 valence electrons. The number of thiocarbonyl (C=S) groups is 1. The minimum atomic E-state index is 0.206. The Balaban J connectivity index is 2.02. The molecule has 6 heteroatoms. The van der Waals surface area contributed by atoms with Crippen LogP contribution in [0.4, 0.5) is 5.82 Å². The third-order valence-electron chi connectivity index (χ3n) is 2.61. The van der Waals surface area contributed by atoms with Crippen LogP contribution in [0.1, 0.15) is 19.0 Å². The van der Waals surface area contributed by atoms with E-state index >= 15 is 0 Å². The molecule has 0 saturated carbocycles. The van der Waals surface area contributed by atoms with E-state index in [1.165, 1.54) is 0 Å². The molecule has 16 heavy (non-hydrogen) atoms.